The smallest absolute Gasteiger partial charge is 0.277 e. The molecule has 1 aromatic rings. The van der Waals surface area contributed by atoms with Crippen LogP contribution in [-0.4, -0.2) is 58.7 Å². The Bertz CT molecular complexity index is 733. The fourth-order valence-electron chi connectivity index (χ4n) is 5.63. The molecule has 1 saturated carbocycles. The highest BCUT2D eigenvalue weighted by Gasteiger charge is 2.47. The van der Waals surface area contributed by atoms with E-state index in [1.54, 1.807) is 5.48 Å². The third kappa shape index (κ3) is 3.12. The van der Waals surface area contributed by atoms with Crippen LogP contribution in [0.15, 0.2) is 24.5 Å². The number of anilines is 1. The van der Waals surface area contributed by atoms with Crippen molar-refractivity contribution in [1.29, 1.82) is 0 Å². The monoisotopic (exact) mass is 369 g/mol. The number of hydrogen-bond donors (Lipinski definition) is 2. The average molecular weight is 369 g/mol. The zero-order chi connectivity index (χ0) is 18.4. The Balaban J connectivity index is 1.11. The van der Waals surface area contributed by atoms with Crippen LogP contribution < -0.4 is 10.4 Å². The van der Waals surface area contributed by atoms with Crippen LogP contribution in [0.25, 0.3) is 0 Å². The van der Waals surface area contributed by atoms with Gasteiger partial charge >= 0.3 is 0 Å². The molecule has 1 aromatic heterocycles. The second-order valence-corrected chi connectivity index (χ2v) is 8.91. The molecule has 2 aliphatic carbocycles. The van der Waals surface area contributed by atoms with E-state index in [0.717, 1.165) is 30.8 Å². The molecule has 2 bridgehead atoms. The molecule has 2 N–H and O–H groups in total. The summed E-state index contributed by atoms with van der Waals surface area (Å²) in [5.74, 6) is 2.69. The molecule has 7 nitrogen and oxygen atoms in total. The highest BCUT2D eigenvalue weighted by Crippen LogP contribution is 2.46. The van der Waals surface area contributed by atoms with Crippen LogP contribution in [-0.2, 0) is 0 Å². The number of aromatic nitrogens is 2. The van der Waals surface area contributed by atoms with Gasteiger partial charge in [-0.2, -0.15) is 0 Å². The van der Waals surface area contributed by atoms with Crippen molar-refractivity contribution in [3.8, 4) is 0 Å². The summed E-state index contributed by atoms with van der Waals surface area (Å²) in [4.78, 5) is 24.8. The molecule has 0 radical (unpaired) electrons. The molecule has 144 valence electrons. The molecule has 5 rings (SSSR count). The lowest BCUT2D eigenvalue weighted by Gasteiger charge is -2.55. The number of carbonyl (C=O) groups excluding carboxylic acids is 1. The van der Waals surface area contributed by atoms with Crippen LogP contribution in [0.3, 0.4) is 0 Å². The topological polar surface area (TPSA) is 81.6 Å². The van der Waals surface area contributed by atoms with Crippen molar-refractivity contribution < 1.29 is 10.0 Å². The van der Waals surface area contributed by atoms with E-state index < -0.39 is 5.91 Å². The van der Waals surface area contributed by atoms with Gasteiger partial charge in [0, 0.05) is 45.1 Å². The summed E-state index contributed by atoms with van der Waals surface area (Å²) in [7, 11) is 0. The molecule has 2 aliphatic heterocycles. The Morgan fingerprint density at radius 1 is 1.19 bits per heavy atom. The van der Waals surface area contributed by atoms with E-state index in [1.807, 2.05) is 0 Å². The lowest BCUT2D eigenvalue weighted by atomic mass is 9.71. The molecule has 1 amide bonds. The van der Waals surface area contributed by atoms with Crippen molar-refractivity contribution in [2.24, 2.45) is 23.2 Å². The van der Waals surface area contributed by atoms with Crippen molar-refractivity contribution >= 4 is 11.9 Å². The molecular weight excluding hydrogens is 342 g/mol. The number of piperidine rings is 1. The first kappa shape index (κ1) is 17.1. The van der Waals surface area contributed by atoms with Crippen molar-refractivity contribution in [2.75, 3.05) is 37.6 Å². The Morgan fingerprint density at radius 3 is 2.52 bits per heavy atom. The summed E-state index contributed by atoms with van der Waals surface area (Å²) in [6.45, 7) is 5.71. The maximum absolute atomic E-state index is 11.4. The van der Waals surface area contributed by atoms with Gasteiger partial charge in [-0.05, 0) is 48.9 Å². The predicted octanol–water partition coefficient (Wildman–Crippen LogP) is 1.71. The summed E-state index contributed by atoms with van der Waals surface area (Å²) in [6.07, 6.45) is 13.0. The van der Waals surface area contributed by atoms with Crippen LogP contribution in [0.1, 0.15) is 36.0 Å². The van der Waals surface area contributed by atoms with Gasteiger partial charge in [0.05, 0.1) is 5.56 Å². The lowest BCUT2D eigenvalue weighted by Crippen LogP contribution is -2.61. The molecule has 3 fully saturated rings. The van der Waals surface area contributed by atoms with Crippen molar-refractivity contribution in [3.63, 3.8) is 0 Å². The molecule has 3 unspecified atom stereocenters. The number of nitrogens with zero attached hydrogens (tertiary/aromatic N) is 4. The molecule has 2 saturated heterocycles. The largest absolute Gasteiger partial charge is 0.341 e. The summed E-state index contributed by atoms with van der Waals surface area (Å²) in [5.41, 5.74) is 2.35. The van der Waals surface area contributed by atoms with Crippen molar-refractivity contribution in [1.82, 2.24) is 20.3 Å². The number of likely N-dealkylation sites (tertiary alicyclic amines) is 1. The maximum atomic E-state index is 11.4. The number of rotatable bonds is 4. The molecule has 27 heavy (non-hydrogen) atoms. The van der Waals surface area contributed by atoms with Gasteiger partial charge in [0.15, 0.2) is 0 Å². The first-order valence-electron chi connectivity index (χ1n) is 10.1. The molecule has 1 spiro atoms. The van der Waals surface area contributed by atoms with Gasteiger partial charge < -0.3 is 9.80 Å². The minimum Gasteiger partial charge on any atom is -0.341 e. The number of hydroxylamine groups is 1. The molecule has 3 heterocycles. The number of fused-ring (bicyclic) bond motifs is 2. The van der Waals surface area contributed by atoms with Crippen molar-refractivity contribution in [3.05, 3.63) is 30.1 Å². The zero-order valence-electron chi connectivity index (χ0n) is 15.5. The Kier molecular flexibility index (Phi) is 4.16. The Labute approximate surface area is 159 Å². The lowest BCUT2D eigenvalue weighted by molar-refractivity contribution is -0.0295. The van der Waals surface area contributed by atoms with Crippen LogP contribution in [0.5, 0.6) is 0 Å². The summed E-state index contributed by atoms with van der Waals surface area (Å²) in [5, 5.41) is 8.67. The van der Waals surface area contributed by atoms with E-state index in [4.69, 9.17) is 5.21 Å². The first-order chi connectivity index (χ1) is 13.1. The Hall–Kier alpha value is -1.99. The van der Waals surface area contributed by atoms with Gasteiger partial charge in [0.25, 0.3) is 5.91 Å². The fourth-order valence-corrected chi connectivity index (χ4v) is 5.63. The van der Waals surface area contributed by atoms with Crippen molar-refractivity contribution in [2.45, 2.75) is 25.7 Å². The molecular formula is C20H27N5O2. The summed E-state index contributed by atoms with van der Waals surface area (Å²) < 4.78 is 0. The maximum Gasteiger partial charge on any atom is 0.277 e. The fraction of sp³-hybridized carbons (Fsp3) is 0.650. The van der Waals surface area contributed by atoms with E-state index in [2.05, 4.69) is 31.9 Å². The number of hydrogen-bond acceptors (Lipinski definition) is 6. The van der Waals surface area contributed by atoms with Gasteiger partial charge in [-0.3, -0.25) is 10.0 Å². The molecule has 4 aliphatic rings. The van der Waals surface area contributed by atoms with E-state index in [1.165, 1.54) is 57.7 Å². The van der Waals surface area contributed by atoms with E-state index in [9.17, 15) is 4.79 Å². The molecule has 3 atom stereocenters. The second kappa shape index (κ2) is 6.56. The third-order valence-corrected chi connectivity index (χ3v) is 7.14. The normalized spacial score (nSPS) is 31.3. The number of nitrogens with one attached hydrogen (secondary N) is 1. The van der Waals surface area contributed by atoms with E-state index in [-0.39, 0.29) is 5.56 Å². The van der Waals surface area contributed by atoms with Gasteiger partial charge in [-0.15, -0.1) is 0 Å². The number of amides is 1. The number of allylic oxidation sites excluding steroid dienone is 2. The quantitative estimate of drug-likeness (QED) is 0.478. The van der Waals surface area contributed by atoms with Gasteiger partial charge in [-0.25, -0.2) is 15.4 Å². The average Bonchev–Trinajstić information content (AvgIpc) is 3.30. The van der Waals surface area contributed by atoms with Crippen LogP contribution >= 0.6 is 0 Å². The minimum absolute atomic E-state index is 0.264. The van der Waals surface area contributed by atoms with Gasteiger partial charge in [0.1, 0.15) is 0 Å². The summed E-state index contributed by atoms with van der Waals surface area (Å²) >= 11 is 0. The molecule has 7 heteroatoms. The highest BCUT2D eigenvalue weighted by atomic mass is 16.5. The standard InChI is InChI=1S/C20H27N5O2/c26-18(23-27)17-9-21-19(22-10-17)25-5-3-20(4-6-25)12-24(13-20)11-16-8-14-1-2-15(16)7-14/h1-2,9-10,14-16,27H,3-8,11-13H2,(H,23,26). The van der Waals surface area contributed by atoms with E-state index in [0.29, 0.717) is 11.4 Å². The van der Waals surface area contributed by atoms with Gasteiger partial charge in [-0.1, -0.05) is 12.2 Å². The number of carbonyl (C=O) groups is 1. The minimum atomic E-state index is -0.584. The second-order valence-electron chi connectivity index (χ2n) is 8.91. The highest BCUT2D eigenvalue weighted by molar-refractivity contribution is 5.92. The molecule has 0 aromatic carbocycles. The van der Waals surface area contributed by atoms with Crippen LogP contribution in [0.2, 0.25) is 0 Å². The zero-order valence-corrected chi connectivity index (χ0v) is 15.5. The van der Waals surface area contributed by atoms with Crippen LogP contribution in [0, 0.1) is 23.2 Å². The van der Waals surface area contributed by atoms with Crippen LogP contribution in [0.4, 0.5) is 5.95 Å². The van der Waals surface area contributed by atoms with Gasteiger partial charge in [0.2, 0.25) is 5.95 Å². The Morgan fingerprint density at radius 2 is 1.93 bits per heavy atom. The summed E-state index contributed by atoms with van der Waals surface area (Å²) in [6, 6.07) is 0. The van der Waals surface area contributed by atoms with E-state index >= 15 is 0 Å². The first-order valence-corrected chi connectivity index (χ1v) is 10.1. The predicted molar refractivity (Wildman–Crippen MR) is 100 cm³/mol. The third-order valence-electron chi connectivity index (χ3n) is 7.14. The SMILES string of the molecule is O=C(NO)c1cnc(N2CCC3(CC2)CN(CC2CC4C=CC2C4)C3)nc1.